The van der Waals surface area contributed by atoms with E-state index >= 15 is 0 Å². The molecule has 0 fully saturated rings. The quantitative estimate of drug-likeness (QED) is 0.473. The minimum absolute atomic E-state index is 0.469. The Kier molecular flexibility index (Phi) is 5.05. The number of nitriles is 1. The van der Waals surface area contributed by atoms with Gasteiger partial charge in [0.25, 0.3) is 0 Å². The van der Waals surface area contributed by atoms with Crippen LogP contribution in [0.25, 0.3) is 10.9 Å². The summed E-state index contributed by atoms with van der Waals surface area (Å²) in [5.41, 5.74) is 4.81. The van der Waals surface area contributed by atoms with Crippen molar-refractivity contribution in [1.82, 2.24) is 9.97 Å². The van der Waals surface area contributed by atoms with Gasteiger partial charge in [-0.2, -0.15) is 5.26 Å². The lowest BCUT2D eigenvalue weighted by Gasteiger charge is -2.13. The Labute approximate surface area is 167 Å². The monoisotopic (exact) mass is 385 g/mol. The number of fused-ring (bicyclic) bond motifs is 1. The molecule has 2 aromatic heterocycles. The Balaban J connectivity index is 1.71. The van der Waals surface area contributed by atoms with Crippen LogP contribution in [-0.2, 0) is 6.54 Å². The SMILES string of the molecule is N#Cc1cnc2ccc(NCc3cccnc3)cc2c1Nc1cccc(Cl)c1. The molecule has 2 aromatic carbocycles. The maximum absolute atomic E-state index is 9.55. The summed E-state index contributed by atoms with van der Waals surface area (Å²) in [6.07, 6.45) is 5.16. The van der Waals surface area contributed by atoms with Gasteiger partial charge in [0.2, 0.25) is 0 Å². The second-order valence-corrected chi connectivity index (χ2v) is 6.68. The van der Waals surface area contributed by atoms with Gasteiger partial charge in [0, 0.05) is 46.9 Å². The van der Waals surface area contributed by atoms with Crippen molar-refractivity contribution in [3.8, 4) is 6.07 Å². The number of pyridine rings is 2. The van der Waals surface area contributed by atoms with Gasteiger partial charge in [-0.1, -0.05) is 23.7 Å². The summed E-state index contributed by atoms with van der Waals surface area (Å²) >= 11 is 6.10. The normalized spacial score (nSPS) is 10.4. The zero-order valence-electron chi connectivity index (χ0n) is 14.9. The molecule has 0 radical (unpaired) electrons. The Morgan fingerprint density at radius 2 is 1.93 bits per heavy atom. The van der Waals surface area contributed by atoms with Crippen LogP contribution in [0.4, 0.5) is 17.1 Å². The van der Waals surface area contributed by atoms with E-state index in [0.29, 0.717) is 22.8 Å². The molecule has 0 aliphatic rings. The topological polar surface area (TPSA) is 73.6 Å². The number of nitrogens with one attached hydrogen (secondary N) is 2. The highest BCUT2D eigenvalue weighted by molar-refractivity contribution is 6.30. The Bertz CT molecular complexity index is 1170. The summed E-state index contributed by atoms with van der Waals surface area (Å²) in [6, 6.07) is 19.4. The number of rotatable bonds is 5. The Hall–Kier alpha value is -3.62. The standard InChI is InChI=1S/C22H16ClN5/c23-17-4-1-5-19(9-17)28-22-16(11-24)14-27-21-7-6-18(10-20(21)22)26-13-15-3-2-8-25-12-15/h1-10,12,14,26H,13H2,(H,27,28). The predicted octanol–water partition coefficient (Wildman–Crippen LogP) is 5.51. The Morgan fingerprint density at radius 1 is 1.00 bits per heavy atom. The molecule has 0 bridgehead atoms. The molecule has 0 saturated carbocycles. The number of aromatic nitrogens is 2. The first kappa shape index (κ1) is 17.8. The highest BCUT2D eigenvalue weighted by Gasteiger charge is 2.10. The van der Waals surface area contributed by atoms with E-state index < -0.39 is 0 Å². The molecule has 28 heavy (non-hydrogen) atoms. The molecular formula is C22H16ClN5. The van der Waals surface area contributed by atoms with Crippen LogP contribution >= 0.6 is 11.6 Å². The van der Waals surface area contributed by atoms with E-state index in [1.54, 1.807) is 12.4 Å². The van der Waals surface area contributed by atoms with Gasteiger partial charge in [-0.3, -0.25) is 9.97 Å². The molecular weight excluding hydrogens is 370 g/mol. The third-order valence-corrected chi connectivity index (χ3v) is 4.54. The molecule has 2 heterocycles. The first-order valence-electron chi connectivity index (χ1n) is 8.71. The maximum Gasteiger partial charge on any atom is 0.103 e. The fourth-order valence-electron chi connectivity index (χ4n) is 2.94. The van der Waals surface area contributed by atoms with Gasteiger partial charge >= 0.3 is 0 Å². The van der Waals surface area contributed by atoms with Crippen LogP contribution in [0.2, 0.25) is 5.02 Å². The van der Waals surface area contributed by atoms with Crippen molar-refractivity contribution in [3.05, 3.63) is 89.3 Å². The largest absolute Gasteiger partial charge is 0.381 e. The summed E-state index contributed by atoms with van der Waals surface area (Å²) in [6.45, 7) is 0.655. The van der Waals surface area contributed by atoms with Crippen LogP contribution in [0, 0.1) is 11.3 Å². The fraction of sp³-hybridized carbons (Fsp3) is 0.0455. The van der Waals surface area contributed by atoms with E-state index in [0.717, 1.165) is 27.8 Å². The lowest BCUT2D eigenvalue weighted by Crippen LogP contribution is -2.01. The number of halogens is 1. The molecule has 0 amide bonds. The van der Waals surface area contributed by atoms with E-state index in [-0.39, 0.29) is 0 Å². The minimum atomic E-state index is 0.469. The van der Waals surface area contributed by atoms with Gasteiger partial charge in [-0.15, -0.1) is 0 Å². The highest BCUT2D eigenvalue weighted by Crippen LogP contribution is 2.31. The molecule has 2 N–H and O–H groups in total. The fourth-order valence-corrected chi connectivity index (χ4v) is 3.13. The van der Waals surface area contributed by atoms with Crippen LogP contribution in [0.1, 0.15) is 11.1 Å². The van der Waals surface area contributed by atoms with E-state index in [2.05, 4.69) is 26.7 Å². The maximum atomic E-state index is 9.55. The van der Waals surface area contributed by atoms with Crippen molar-refractivity contribution < 1.29 is 0 Å². The van der Waals surface area contributed by atoms with Gasteiger partial charge in [-0.25, -0.2) is 0 Å². The van der Waals surface area contributed by atoms with Crippen LogP contribution in [0.3, 0.4) is 0 Å². The molecule has 0 unspecified atom stereocenters. The predicted molar refractivity (Wildman–Crippen MR) is 113 cm³/mol. The molecule has 136 valence electrons. The highest BCUT2D eigenvalue weighted by atomic mass is 35.5. The molecule has 4 aromatic rings. The number of nitrogens with zero attached hydrogens (tertiary/aromatic N) is 3. The average molecular weight is 386 g/mol. The molecule has 0 spiro atoms. The summed E-state index contributed by atoms with van der Waals surface area (Å²) < 4.78 is 0. The smallest absolute Gasteiger partial charge is 0.103 e. The van der Waals surface area contributed by atoms with Crippen molar-refractivity contribution in [1.29, 1.82) is 5.26 Å². The molecule has 4 rings (SSSR count). The van der Waals surface area contributed by atoms with Gasteiger partial charge < -0.3 is 10.6 Å². The molecule has 6 heteroatoms. The van der Waals surface area contributed by atoms with Crippen molar-refractivity contribution >= 4 is 39.6 Å². The average Bonchev–Trinajstić information content (AvgIpc) is 2.73. The molecule has 0 aliphatic carbocycles. The number of benzene rings is 2. The lowest BCUT2D eigenvalue weighted by atomic mass is 10.1. The molecule has 5 nitrogen and oxygen atoms in total. The second kappa shape index (κ2) is 7.95. The molecule has 0 saturated heterocycles. The van der Waals surface area contributed by atoms with Crippen molar-refractivity contribution in [2.45, 2.75) is 6.54 Å². The van der Waals surface area contributed by atoms with Crippen molar-refractivity contribution in [2.24, 2.45) is 0 Å². The zero-order chi connectivity index (χ0) is 19.3. The number of anilines is 3. The summed E-state index contributed by atoms with van der Waals surface area (Å²) in [5.74, 6) is 0. The first-order valence-corrected chi connectivity index (χ1v) is 9.09. The van der Waals surface area contributed by atoms with E-state index in [1.165, 1.54) is 0 Å². The van der Waals surface area contributed by atoms with E-state index in [9.17, 15) is 5.26 Å². The van der Waals surface area contributed by atoms with Crippen molar-refractivity contribution in [2.75, 3.05) is 10.6 Å². The Morgan fingerprint density at radius 3 is 2.71 bits per heavy atom. The minimum Gasteiger partial charge on any atom is -0.381 e. The van der Waals surface area contributed by atoms with Crippen LogP contribution in [0.5, 0.6) is 0 Å². The summed E-state index contributed by atoms with van der Waals surface area (Å²) in [5, 5.41) is 17.8. The second-order valence-electron chi connectivity index (χ2n) is 6.24. The van der Waals surface area contributed by atoms with Crippen LogP contribution < -0.4 is 10.6 Å². The zero-order valence-corrected chi connectivity index (χ0v) is 15.6. The summed E-state index contributed by atoms with van der Waals surface area (Å²) in [7, 11) is 0. The third kappa shape index (κ3) is 3.88. The molecule has 0 aliphatic heterocycles. The van der Waals surface area contributed by atoms with Gasteiger partial charge in [0.1, 0.15) is 6.07 Å². The van der Waals surface area contributed by atoms with Crippen molar-refractivity contribution in [3.63, 3.8) is 0 Å². The third-order valence-electron chi connectivity index (χ3n) is 4.30. The van der Waals surface area contributed by atoms with Gasteiger partial charge in [0.15, 0.2) is 0 Å². The first-order chi connectivity index (χ1) is 13.7. The van der Waals surface area contributed by atoms with E-state index in [4.69, 9.17) is 11.6 Å². The number of hydrogen-bond acceptors (Lipinski definition) is 5. The van der Waals surface area contributed by atoms with Crippen LogP contribution in [-0.4, -0.2) is 9.97 Å². The molecule has 0 atom stereocenters. The van der Waals surface area contributed by atoms with E-state index in [1.807, 2.05) is 60.8 Å². The summed E-state index contributed by atoms with van der Waals surface area (Å²) in [4.78, 5) is 8.54. The number of hydrogen-bond donors (Lipinski definition) is 2. The van der Waals surface area contributed by atoms with Gasteiger partial charge in [0.05, 0.1) is 16.8 Å². The van der Waals surface area contributed by atoms with Crippen LogP contribution in [0.15, 0.2) is 73.2 Å². The lowest BCUT2D eigenvalue weighted by molar-refractivity contribution is 1.11. The van der Waals surface area contributed by atoms with Gasteiger partial charge in [-0.05, 0) is 48.0 Å².